The third kappa shape index (κ3) is 2.58. The van der Waals surface area contributed by atoms with Gasteiger partial charge in [0.2, 0.25) is 0 Å². The number of aromatic nitrogens is 2. The van der Waals surface area contributed by atoms with E-state index in [9.17, 15) is 0 Å². The molecule has 1 saturated heterocycles. The minimum Gasteiger partial charge on any atom is -0.328 e. The van der Waals surface area contributed by atoms with E-state index in [-0.39, 0.29) is 0 Å². The van der Waals surface area contributed by atoms with Gasteiger partial charge in [-0.1, -0.05) is 0 Å². The molecule has 0 saturated carbocycles. The van der Waals surface area contributed by atoms with Gasteiger partial charge in [-0.2, -0.15) is 5.10 Å². The van der Waals surface area contributed by atoms with Gasteiger partial charge in [0.05, 0.1) is 5.69 Å². The summed E-state index contributed by atoms with van der Waals surface area (Å²) < 4.78 is 1.89. The molecule has 1 aliphatic heterocycles. The molecule has 2 N–H and O–H groups in total. The van der Waals surface area contributed by atoms with Crippen molar-refractivity contribution in [3.8, 4) is 0 Å². The van der Waals surface area contributed by atoms with Crippen LogP contribution in [0.2, 0.25) is 0 Å². The van der Waals surface area contributed by atoms with E-state index in [1.807, 2.05) is 11.7 Å². The molecule has 1 fully saturated rings. The van der Waals surface area contributed by atoms with Crippen molar-refractivity contribution < 1.29 is 0 Å². The van der Waals surface area contributed by atoms with Crippen molar-refractivity contribution >= 4 is 0 Å². The highest BCUT2D eigenvalue weighted by atomic mass is 15.3. The first-order valence-electron chi connectivity index (χ1n) is 5.62. The molecule has 0 aromatic carbocycles. The van der Waals surface area contributed by atoms with Crippen LogP contribution >= 0.6 is 0 Å². The predicted octanol–water partition coefficient (Wildman–Crippen LogP) is 0.652. The van der Waals surface area contributed by atoms with Crippen LogP contribution in [0.3, 0.4) is 0 Å². The Hall–Kier alpha value is -0.870. The number of nitrogens with zero attached hydrogens (tertiary/aromatic N) is 3. The summed E-state index contributed by atoms with van der Waals surface area (Å²) in [6, 6.07) is 0.413. The number of rotatable bonds is 2. The molecule has 2 rings (SSSR count). The Labute approximate surface area is 91.1 Å². The number of piperidine rings is 1. The zero-order valence-electron chi connectivity index (χ0n) is 9.61. The van der Waals surface area contributed by atoms with Gasteiger partial charge in [-0.25, -0.2) is 0 Å². The molecule has 0 atom stereocenters. The smallest absolute Gasteiger partial charge is 0.0638 e. The second-order valence-corrected chi connectivity index (χ2v) is 4.53. The van der Waals surface area contributed by atoms with E-state index in [1.54, 1.807) is 0 Å². The Morgan fingerprint density at radius 3 is 2.67 bits per heavy atom. The lowest BCUT2D eigenvalue weighted by atomic mass is 10.1. The third-order valence-corrected chi connectivity index (χ3v) is 3.14. The first kappa shape index (κ1) is 10.6. The molecule has 1 aromatic rings. The summed E-state index contributed by atoms with van der Waals surface area (Å²) in [4.78, 5) is 2.47. The maximum absolute atomic E-state index is 5.88. The van der Waals surface area contributed by atoms with Crippen LogP contribution < -0.4 is 5.73 Å². The number of hydrogen-bond donors (Lipinski definition) is 1. The van der Waals surface area contributed by atoms with E-state index < -0.39 is 0 Å². The monoisotopic (exact) mass is 208 g/mol. The van der Waals surface area contributed by atoms with Crippen LogP contribution in [0.15, 0.2) is 6.20 Å². The fourth-order valence-electron chi connectivity index (χ4n) is 2.16. The molecule has 0 radical (unpaired) electrons. The first-order valence-corrected chi connectivity index (χ1v) is 5.62. The van der Waals surface area contributed by atoms with Gasteiger partial charge >= 0.3 is 0 Å². The van der Waals surface area contributed by atoms with Crippen LogP contribution in [0.25, 0.3) is 0 Å². The number of aryl methyl sites for hydroxylation is 2. The largest absolute Gasteiger partial charge is 0.328 e. The summed E-state index contributed by atoms with van der Waals surface area (Å²) in [6.45, 7) is 5.34. The van der Waals surface area contributed by atoms with Crippen molar-refractivity contribution in [1.29, 1.82) is 0 Å². The molecule has 0 unspecified atom stereocenters. The van der Waals surface area contributed by atoms with Crippen molar-refractivity contribution in [3.63, 3.8) is 0 Å². The van der Waals surface area contributed by atoms with Crippen LogP contribution in [-0.2, 0) is 13.6 Å². The predicted molar refractivity (Wildman–Crippen MR) is 60.4 cm³/mol. The molecule has 1 aromatic heterocycles. The first-order chi connectivity index (χ1) is 7.15. The van der Waals surface area contributed by atoms with Gasteiger partial charge in [0, 0.05) is 31.4 Å². The number of nitrogens with two attached hydrogens (primary N) is 1. The van der Waals surface area contributed by atoms with Gasteiger partial charge in [-0.15, -0.1) is 0 Å². The Morgan fingerprint density at radius 2 is 2.13 bits per heavy atom. The summed E-state index contributed by atoms with van der Waals surface area (Å²) in [5.74, 6) is 0. The molecular formula is C11H20N4. The molecule has 0 amide bonds. The van der Waals surface area contributed by atoms with E-state index in [0.717, 1.165) is 38.2 Å². The van der Waals surface area contributed by atoms with Gasteiger partial charge in [0.15, 0.2) is 0 Å². The van der Waals surface area contributed by atoms with E-state index >= 15 is 0 Å². The molecule has 0 bridgehead atoms. The summed E-state index contributed by atoms with van der Waals surface area (Å²) in [6.07, 6.45) is 4.36. The molecule has 0 spiro atoms. The van der Waals surface area contributed by atoms with Crippen LogP contribution in [0.1, 0.15) is 24.1 Å². The van der Waals surface area contributed by atoms with Gasteiger partial charge < -0.3 is 5.73 Å². The zero-order valence-corrected chi connectivity index (χ0v) is 9.61. The fraction of sp³-hybridized carbons (Fsp3) is 0.727. The molecule has 4 heteroatoms. The topological polar surface area (TPSA) is 47.1 Å². The second-order valence-electron chi connectivity index (χ2n) is 4.53. The average molecular weight is 208 g/mol. The third-order valence-electron chi connectivity index (χ3n) is 3.14. The van der Waals surface area contributed by atoms with Crippen molar-refractivity contribution in [2.75, 3.05) is 13.1 Å². The molecular weight excluding hydrogens is 188 g/mol. The summed E-state index contributed by atoms with van der Waals surface area (Å²) in [5.41, 5.74) is 8.37. The highest BCUT2D eigenvalue weighted by Gasteiger charge is 2.17. The minimum absolute atomic E-state index is 0.413. The van der Waals surface area contributed by atoms with Crippen molar-refractivity contribution in [2.45, 2.75) is 32.4 Å². The fourth-order valence-corrected chi connectivity index (χ4v) is 2.16. The van der Waals surface area contributed by atoms with E-state index in [0.29, 0.717) is 6.04 Å². The standard InChI is InChI=1S/C11H20N4/c1-9-10(7-14(2)13-9)8-15-5-3-11(12)4-6-15/h7,11H,3-6,8,12H2,1-2H3. The average Bonchev–Trinajstić information content (AvgIpc) is 2.49. The van der Waals surface area contributed by atoms with Crippen LogP contribution in [0.5, 0.6) is 0 Å². The number of likely N-dealkylation sites (tertiary alicyclic amines) is 1. The highest BCUT2D eigenvalue weighted by molar-refractivity contribution is 5.15. The van der Waals surface area contributed by atoms with Gasteiger partial charge in [-0.05, 0) is 32.9 Å². The zero-order chi connectivity index (χ0) is 10.8. The molecule has 0 aliphatic carbocycles. The summed E-state index contributed by atoms with van der Waals surface area (Å²) >= 11 is 0. The molecule has 4 nitrogen and oxygen atoms in total. The molecule has 84 valence electrons. The minimum atomic E-state index is 0.413. The Balaban J connectivity index is 1.94. The van der Waals surface area contributed by atoms with Crippen molar-refractivity contribution in [2.24, 2.45) is 12.8 Å². The van der Waals surface area contributed by atoms with E-state index in [1.165, 1.54) is 5.56 Å². The summed E-state index contributed by atoms with van der Waals surface area (Å²) in [5, 5.41) is 4.36. The normalized spacial score (nSPS) is 19.7. The Kier molecular flexibility index (Phi) is 3.07. The molecule has 1 aliphatic rings. The van der Waals surface area contributed by atoms with Gasteiger partial charge in [-0.3, -0.25) is 9.58 Å². The van der Waals surface area contributed by atoms with Gasteiger partial charge in [0.25, 0.3) is 0 Å². The Bertz CT molecular complexity index is 323. The van der Waals surface area contributed by atoms with Crippen molar-refractivity contribution in [3.05, 3.63) is 17.5 Å². The van der Waals surface area contributed by atoms with Gasteiger partial charge in [0.1, 0.15) is 0 Å². The molecule has 2 heterocycles. The lowest BCUT2D eigenvalue weighted by Crippen LogP contribution is -2.39. The van der Waals surface area contributed by atoms with E-state index in [2.05, 4.69) is 23.1 Å². The van der Waals surface area contributed by atoms with E-state index in [4.69, 9.17) is 5.73 Å². The maximum Gasteiger partial charge on any atom is 0.0638 e. The highest BCUT2D eigenvalue weighted by Crippen LogP contribution is 2.14. The lowest BCUT2D eigenvalue weighted by Gasteiger charge is -2.29. The Morgan fingerprint density at radius 1 is 1.47 bits per heavy atom. The summed E-state index contributed by atoms with van der Waals surface area (Å²) in [7, 11) is 1.97. The van der Waals surface area contributed by atoms with Crippen LogP contribution in [0.4, 0.5) is 0 Å². The molecule has 15 heavy (non-hydrogen) atoms. The maximum atomic E-state index is 5.88. The number of hydrogen-bond acceptors (Lipinski definition) is 3. The van der Waals surface area contributed by atoms with Crippen molar-refractivity contribution in [1.82, 2.24) is 14.7 Å². The van der Waals surface area contributed by atoms with Crippen LogP contribution in [0, 0.1) is 6.92 Å². The second kappa shape index (κ2) is 4.33. The SMILES string of the molecule is Cc1nn(C)cc1CN1CCC(N)CC1. The lowest BCUT2D eigenvalue weighted by molar-refractivity contribution is 0.205. The quantitative estimate of drug-likeness (QED) is 0.776. The van der Waals surface area contributed by atoms with Crippen LogP contribution in [-0.4, -0.2) is 33.8 Å².